The number of rotatable bonds is 6. The molecule has 0 radical (unpaired) electrons. The molecule has 112 valence electrons. The summed E-state index contributed by atoms with van der Waals surface area (Å²) in [6.07, 6.45) is 0. The van der Waals surface area contributed by atoms with E-state index in [1.165, 1.54) is 23.5 Å². The summed E-state index contributed by atoms with van der Waals surface area (Å²) in [5.41, 5.74) is 0.866. The monoisotopic (exact) mass is 308 g/mol. The Balaban J connectivity index is 2.09. The lowest BCUT2D eigenvalue weighted by molar-refractivity contribution is -0.384. The Bertz CT molecular complexity index is 640. The van der Waals surface area contributed by atoms with Gasteiger partial charge >= 0.3 is 0 Å². The van der Waals surface area contributed by atoms with Gasteiger partial charge in [-0.3, -0.25) is 10.1 Å². The number of benzene rings is 1. The fraction of sp³-hybridized carbons (Fsp3) is 0.357. The molecule has 2 rings (SSSR count). The summed E-state index contributed by atoms with van der Waals surface area (Å²) in [4.78, 5) is 15.5. The third kappa shape index (κ3) is 3.77. The largest absolute Gasteiger partial charge is 0.486 e. The lowest BCUT2D eigenvalue weighted by Gasteiger charge is -2.03. The predicted molar refractivity (Wildman–Crippen MR) is 79.6 cm³/mol. The Morgan fingerprint density at radius 1 is 1.48 bits per heavy atom. The number of hydrogen-bond acceptors (Lipinski definition) is 6. The highest BCUT2D eigenvalue weighted by molar-refractivity contribution is 7.11. The maximum Gasteiger partial charge on any atom is 0.273 e. The van der Waals surface area contributed by atoms with E-state index in [-0.39, 0.29) is 24.8 Å². The van der Waals surface area contributed by atoms with Gasteiger partial charge < -0.3 is 9.84 Å². The fourth-order valence-corrected chi connectivity index (χ4v) is 2.87. The zero-order valence-corrected chi connectivity index (χ0v) is 12.6. The van der Waals surface area contributed by atoms with Crippen LogP contribution in [0.1, 0.15) is 35.3 Å². The van der Waals surface area contributed by atoms with Gasteiger partial charge in [-0.15, -0.1) is 11.3 Å². The molecule has 0 unspecified atom stereocenters. The molecule has 0 bridgehead atoms. The molecule has 6 nitrogen and oxygen atoms in total. The number of nitro benzene ring substituents is 1. The molecule has 0 atom stereocenters. The first kappa shape index (κ1) is 15.4. The molecule has 1 aromatic carbocycles. The SMILES string of the molecule is CC(C)c1nc(COc2cccc([N+](=O)[O-])c2)sc1CO. The van der Waals surface area contributed by atoms with Gasteiger partial charge in [0.05, 0.1) is 28.2 Å². The molecule has 0 aliphatic carbocycles. The molecular weight excluding hydrogens is 292 g/mol. The standard InChI is InChI=1S/C14H16N2O4S/c1-9(2)14-12(7-17)21-13(15-14)8-20-11-5-3-4-10(6-11)16(18)19/h3-6,9,17H,7-8H2,1-2H3. The van der Waals surface area contributed by atoms with E-state index in [1.807, 2.05) is 13.8 Å². The van der Waals surface area contributed by atoms with Crippen LogP contribution >= 0.6 is 11.3 Å². The summed E-state index contributed by atoms with van der Waals surface area (Å²) in [6, 6.07) is 6.03. The third-order valence-corrected chi connectivity index (χ3v) is 3.88. The van der Waals surface area contributed by atoms with Crippen molar-refractivity contribution < 1.29 is 14.8 Å². The van der Waals surface area contributed by atoms with Gasteiger partial charge in [-0.2, -0.15) is 0 Å². The van der Waals surface area contributed by atoms with Gasteiger partial charge in [0.2, 0.25) is 0 Å². The molecule has 1 heterocycles. The molecule has 0 amide bonds. The minimum Gasteiger partial charge on any atom is -0.486 e. The normalized spacial score (nSPS) is 10.9. The maximum absolute atomic E-state index is 10.7. The summed E-state index contributed by atoms with van der Waals surface area (Å²) in [7, 11) is 0. The average Bonchev–Trinajstić information content (AvgIpc) is 2.89. The minimum atomic E-state index is -0.461. The van der Waals surface area contributed by atoms with E-state index in [0.29, 0.717) is 5.75 Å². The summed E-state index contributed by atoms with van der Waals surface area (Å²) in [5.74, 6) is 0.658. The topological polar surface area (TPSA) is 85.5 Å². The van der Waals surface area contributed by atoms with Gasteiger partial charge in [0, 0.05) is 6.07 Å². The second kappa shape index (κ2) is 6.64. The van der Waals surface area contributed by atoms with Gasteiger partial charge in [0.1, 0.15) is 17.4 Å². The Morgan fingerprint density at radius 3 is 2.81 bits per heavy atom. The first-order valence-corrected chi connectivity index (χ1v) is 7.29. The van der Waals surface area contributed by atoms with Crippen LogP contribution in [-0.4, -0.2) is 15.0 Å². The summed E-state index contributed by atoms with van der Waals surface area (Å²) < 4.78 is 5.54. The summed E-state index contributed by atoms with van der Waals surface area (Å²) >= 11 is 1.40. The highest BCUT2D eigenvalue weighted by Crippen LogP contribution is 2.26. The second-order valence-electron chi connectivity index (χ2n) is 4.77. The molecule has 0 saturated heterocycles. The van der Waals surface area contributed by atoms with Crippen LogP contribution in [0.15, 0.2) is 24.3 Å². The molecule has 0 saturated carbocycles. The number of nitrogens with zero attached hydrogens (tertiary/aromatic N) is 2. The van der Waals surface area contributed by atoms with Crippen LogP contribution < -0.4 is 4.74 Å². The molecule has 7 heteroatoms. The Morgan fingerprint density at radius 2 is 2.24 bits per heavy atom. The van der Waals surface area contributed by atoms with Crippen molar-refractivity contribution in [3.63, 3.8) is 0 Å². The number of non-ortho nitro benzene ring substituents is 1. The minimum absolute atomic E-state index is 0.00874. The Labute approximate surface area is 126 Å². The molecule has 0 aliphatic rings. The van der Waals surface area contributed by atoms with Crippen molar-refractivity contribution in [2.24, 2.45) is 0 Å². The lowest BCUT2D eigenvalue weighted by atomic mass is 10.1. The molecule has 1 N–H and O–H groups in total. The van der Waals surface area contributed by atoms with E-state index in [4.69, 9.17) is 4.74 Å². The zero-order valence-electron chi connectivity index (χ0n) is 11.8. The average molecular weight is 308 g/mol. The van der Waals surface area contributed by atoms with E-state index in [0.717, 1.165) is 15.6 Å². The maximum atomic E-state index is 10.7. The number of thiazole rings is 1. The van der Waals surface area contributed by atoms with Crippen LogP contribution in [0.25, 0.3) is 0 Å². The highest BCUT2D eigenvalue weighted by Gasteiger charge is 2.14. The van der Waals surface area contributed by atoms with Crippen molar-refractivity contribution in [3.8, 4) is 5.75 Å². The van der Waals surface area contributed by atoms with Crippen LogP contribution in [0.5, 0.6) is 5.75 Å². The van der Waals surface area contributed by atoms with Crippen molar-refractivity contribution in [2.75, 3.05) is 0 Å². The number of hydrogen-bond donors (Lipinski definition) is 1. The van der Waals surface area contributed by atoms with Crippen LogP contribution in [0, 0.1) is 10.1 Å². The van der Waals surface area contributed by atoms with E-state index < -0.39 is 4.92 Å². The number of ether oxygens (including phenoxy) is 1. The van der Waals surface area contributed by atoms with Crippen LogP contribution in [0.2, 0.25) is 0 Å². The third-order valence-electron chi connectivity index (χ3n) is 2.85. The van der Waals surface area contributed by atoms with Crippen molar-refractivity contribution in [1.82, 2.24) is 4.98 Å². The summed E-state index contributed by atoms with van der Waals surface area (Å²) in [6.45, 7) is 4.21. The molecule has 0 aliphatic heterocycles. The molecule has 0 spiro atoms. The zero-order chi connectivity index (χ0) is 15.4. The van der Waals surface area contributed by atoms with Crippen LogP contribution in [0.4, 0.5) is 5.69 Å². The fourth-order valence-electron chi connectivity index (χ4n) is 1.87. The van der Waals surface area contributed by atoms with Crippen molar-refractivity contribution in [3.05, 3.63) is 50.0 Å². The number of nitro groups is 1. The first-order chi connectivity index (χ1) is 10.0. The van der Waals surface area contributed by atoms with E-state index in [9.17, 15) is 15.2 Å². The molecule has 2 aromatic rings. The van der Waals surface area contributed by atoms with Crippen molar-refractivity contribution in [1.29, 1.82) is 0 Å². The van der Waals surface area contributed by atoms with Gasteiger partial charge in [0.15, 0.2) is 0 Å². The van der Waals surface area contributed by atoms with E-state index in [2.05, 4.69) is 4.98 Å². The molecule has 1 aromatic heterocycles. The van der Waals surface area contributed by atoms with Gasteiger partial charge in [-0.1, -0.05) is 19.9 Å². The van der Waals surface area contributed by atoms with E-state index in [1.54, 1.807) is 12.1 Å². The number of aliphatic hydroxyl groups is 1. The van der Waals surface area contributed by atoms with Crippen molar-refractivity contribution in [2.45, 2.75) is 33.0 Å². The van der Waals surface area contributed by atoms with E-state index >= 15 is 0 Å². The molecular formula is C14H16N2O4S. The highest BCUT2D eigenvalue weighted by atomic mass is 32.1. The van der Waals surface area contributed by atoms with Gasteiger partial charge in [-0.25, -0.2) is 4.98 Å². The van der Waals surface area contributed by atoms with Crippen LogP contribution in [0.3, 0.4) is 0 Å². The lowest BCUT2D eigenvalue weighted by Crippen LogP contribution is -1.97. The molecule has 0 fully saturated rings. The molecule has 21 heavy (non-hydrogen) atoms. The Hall–Kier alpha value is -1.99. The van der Waals surface area contributed by atoms with Gasteiger partial charge in [-0.05, 0) is 12.0 Å². The van der Waals surface area contributed by atoms with Crippen molar-refractivity contribution >= 4 is 17.0 Å². The van der Waals surface area contributed by atoms with Gasteiger partial charge in [0.25, 0.3) is 5.69 Å². The number of aliphatic hydroxyl groups excluding tert-OH is 1. The Kier molecular flexibility index (Phi) is 4.87. The summed E-state index contributed by atoms with van der Waals surface area (Å²) in [5, 5.41) is 20.8. The first-order valence-electron chi connectivity index (χ1n) is 6.48. The number of aromatic nitrogens is 1. The van der Waals surface area contributed by atoms with Crippen LogP contribution in [-0.2, 0) is 13.2 Å². The second-order valence-corrected chi connectivity index (χ2v) is 5.94. The quantitative estimate of drug-likeness (QED) is 0.654. The smallest absolute Gasteiger partial charge is 0.273 e. The predicted octanol–water partition coefficient (Wildman–Crippen LogP) is 3.25.